The van der Waals surface area contributed by atoms with Gasteiger partial charge in [-0.3, -0.25) is 14.5 Å². The summed E-state index contributed by atoms with van der Waals surface area (Å²) in [4.78, 5) is 27.6. The van der Waals surface area contributed by atoms with Gasteiger partial charge in [0.1, 0.15) is 0 Å². The van der Waals surface area contributed by atoms with Crippen molar-refractivity contribution in [2.45, 2.75) is 26.2 Å². The summed E-state index contributed by atoms with van der Waals surface area (Å²) in [5.41, 5.74) is 2.78. The molecule has 1 saturated heterocycles. The number of rotatable bonds is 9. The summed E-state index contributed by atoms with van der Waals surface area (Å²) in [6.07, 6.45) is 2.95. The van der Waals surface area contributed by atoms with Gasteiger partial charge in [0.25, 0.3) is 11.8 Å². The molecule has 1 aliphatic heterocycles. The molecule has 0 spiro atoms. The van der Waals surface area contributed by atoms with Gasteiger partial charge >= 0.3 is 0 Å². The van der Waals surface area contributed by atoms with Crippen molar-refractivity contribution >= 4 is 17.5 Å². The molecule has 0 bridgehead atoms. The highest BCUT2D eigenvalue weighted by Crippen LogP contribution is 2.17. The van der Waals surface area contributed by atoms with Gasteiger partial charge in [-0.15, -0.1) is 0 Å². The predicted molar refractivity (Wildman–Crippen MR) is 119 cm³/mol. The molecule has 1 fully saturated rings. The lowest BCUT2D eigenvalue weighted by Crippen LogP contribution is -2.38. The second-order valence-electron chi connectivity index (χ2n) is 7.51. The minimum atomic E-state index is -0.217. The Morgan fingerprint density at radius 1 is 1.00 bits per heavy atom. The molecule has 0 aromatic heterocycles. The van der Waals surface area contributed by atoms with Crippen molar-refractivity contribution in [1.29, 1.82) is 0 Å². The van der Waals surface area contributed by atoms with Crippen LogP contribution in [-0.4, -0.2) is 56.1 Å². The largest absolute Gasteiger partial charge is 0.379 e. The topological polar surface area (TPSA) is 70.7 Å². The number of aryl methyl sites for hydroxylation is 1. The van der Waals surface area contributed by atoms with Gasteiger partial charge in [0.2, 0.25) is 0 Å². The van der Waals surface area contributed by atoms with Gasteiger partial charge in [0.15, 0.2) is 0 Å². The summed E-state index contributed by atoms with van der Waals surface area (Å²) >= 11 is 0. The molecule has 3 rings (SSSR count). The lowest BCUT2D eigenvalue weighted by Gasteiger charge is -2.26. The molecule has 0 saturated carbocycles. The monoisotopic (exact) mass is 409 g/mol. The third-order valence-electron chi connectivity index (χ3n) is 5.22. The molecule has 2 amide bonds. The number of hydrogen-bond donors (Lipinski definition) is 2. The highest BCUT2D eigenvalue weighted by molar-refractivity contribution is 6.09. The number of morpholine rings is 1. The molecule has 6 heteroatoms. The number of anilines is 1. The van der Waals surface area contributed by atoms with Crippen LogP contribution in [0.2, 0.25) is 0 Å². The average Bonchev–Trinajstić information content (AvgIpc) is 2.78. The maximum absolute atomic E-state index is 12.7. The molecule has 1 heterocycles. The van der Waals surface area contributed by atoms with Gasteiger partial charge in [-0.2, -0.15) is 0 Å². The summed E-state index contributed by atoms with van der Waals surface area (Å²) in [5.74, 6) is -0.392. The summed E-state index contributed by atoms with van der Waals surface area (Å²) in [5, 5.41) is 5.84. The van der Waals surface area contributed by atoms with E-state index in [9.17, 15) is 9.59 Å². The molecular formula is C24H31N3O3. The Bertz CT molecular complexity index is 830. The van der Waals surface area contributed by atoms with Gasteiger partial charge in [0, 0.05) is 25.2 Å². The molecule has 6 nitrogen and oxygen atoms in total. The number of carbonyl (C=O) groups is 2. The number of amides is 2. The third kappa shape index (κ3) is 6.40. The summed E-state index contributed by atoms with van der Waals surface area (Å²) in [7, 11) is 0. The van der Waals surface area contributed by atoms with Crippen LogP contribution in [0.25, 0.3) is 0 Å². The molecular weight excluding hydrogens is 378 g/mol. The number of nitrogens with zero attached hydrogens (tertiary/aromatic N) is 1. The molecule has 1 aliphatic rings. The SMILES string of the molecule is CCCc1ccc(C(=O)Nc2ccccc2C(=O)NCCCN2CCOCC2)cc1. The first-order valence-electron chi connectivity index (χ1n) is 10.7. The van der Waals surface area contributed by atoms with Gasteiger partial charge < -0.3 is 15.4 Å². The van der Waals surface area contributed by atoms with E-state index >= 15 is 0 Å². The van der Waals surface area contributed by atoms with E-state index in [-0.39, 0.29) is 11.8 Å². The normalized spacial score (nSPS) is 14.3. The molecule has 160 valence electrons. The van der Waals surface area contributed by atoms with E-state index in [1.165, 1.54) is 5.56 Å². The molecule has 30 heavy (non-hydrogen) atoms. The first-order valence-corrected chi connectivity index (χ1v) is 10.7. The lowest BCUT2D eigenvalue weighted by atomic mass is 10.1. The number of hydrogen-bond acceptors (Lipinski definition) is 4. The van der Waals surface area contributed by atoms with Crippen LogP contribution >= 0.6 is 0 Å². The third-order valence-corrected chi connectivity index (χ3v) is 5.22. The second kappa shape index (κ2) is 11.5. The Morgan fingerprint density at radius 2 is 1.73 bits per heavy atom. The first-order chi connectivity index (χ1) is 14.7. The average molecular weight is 410 g/mol. The lowest BCUT2D eigenvalue weighted by molar-refractivity contribution is 0.0374. The summed E-state index contributed by atoms with van der Waals surface area (Å²) in [6.45, 7) is 7.12. The van der Waals surface area contributed by atoms with Crippen molar-refractivity contribution in [1.82, 2.24) is 10.2 Å². The molecule has 0 aliphatic carbocycles. The number of ether oxygens (including phenoxy) is 1. The molecule has 2 aromatic rings. The van der Waals surface area contributed by atoms with E-state index in [0.29, 0.717) is 23.4 Å². The van der Waals surface area contributed by atoms with Gasteiger partial charge in [-0.25, -0.2) is 0 Å². The fourth-order valence-electron chi connectivity index (χ4n) is 3.52. The van der Waals surface area contributed by atoms with Crippen molar-refractivity contribution in [2.75, 3.05) is 44.7 Å². The summed E-state index contributed by atoms with van der Waals surface area (Å²) in [6, 6.07) is 14.7. The van der Waals surface area contributed by atoms with Crippen LogP contribution in [0.15, 0.2) is 48.5 Å². The van der Waals surface area contributed by atoms with Gasteiger partial charge in [0.05, 0.1) is 24.5 Å². The number of benzene rings is 2. The highest BCUT2D eigenvalue weighted by Gasteiger charge is 2.14. The van der Waals surface area contributed by atoms with Crippen LogP contribution in [0.5, 0.6) is 0 Å². The molecule has 0 atom stereocenters. The van der Waals surface area contributed by atoms with E-state index in [0.717, 1.165) is 52.1 Å². The van der Waals surface area contributed by atoms with Crippen LogP contribution in [0.1, 0.15) is 46.0 Å². The fraction of sp³-hybridized carbons (Fsp3) is 0.417. The first kappa shape index (κ1) is 22.0. The van der Waals surface area contributed by atoms with Crippen molar-refractivity contribution in [2.24, 2.45) is 0 Å². The van der Waals surface area contributed by atoms with Gasteiger partial charge in [-0.05, 0) is 49.2 Å². The maximum atomic E-state index is 12.7. The minimum absolute atomic E-state index is 0.175. The van der Waals surface area contributed by atoms with Gasteiger partial charge in [-0.1, -0.05) is 37.6 Å². The Kier molecular flexibility index (Phi) is 8.41. The zero-order chi connectivity index (χ0) is 21.2. The minimum Gasteiger partial charge on any atom is -0.379 e. The van der Waals surface area contributed by atoms with E-state index in [2.05, 4.69) is 22.5 Å². The standard InChI is InChI=1S/C24H31N3O3/c1-2-6-19-9-11-20(12-10-19)23(28)26-22-8-4-3-7-21(22)24(29)25-13-5-14-27-15-17-30-18-16-27/h3-4,7-12H,2,5-6,13-18H2,1H3,(H,25,29)(H,26,28). The van der Waals surface area contributed by atoms with Crippen LogP contribution < -0.4 is 10.6 Å². The molecule has 0 radical (unpaired) electrons. The second-order valence-corrected chi connectivity index (χ2v) is 7.51. The van der Waals surface area contributed by atoms with Crippen LogP contribution in [-0.2, 0) is 11.2 Å². The quantitative estimate of drug-likeness (QED) is 0.623. The number of nitrogens with one attached hydrogen (secondary N) is 2. The zero-order valence-corrected chi connectivity index (χ0v) is 17.7. The van der Waals surface area contributed by atoms with Crippen molar-refractivity contribution in [3.8, 4) is 0 Å². The Morgan fingerprint density at radius 3 is 2.47 bits per heavy atom. The fourth-order valence-corrected chi connectivity index (χ4v) is 3.52. The molecule has 2 aromatic carbocycles. The molecule has 2 N–H and O–H groups in total. The van der Waals surface area contributed by atoms with Crippen LogP contribution in [0.4, 0.5) is 5.69 Å². The van der Waals surface area contributed by atoms with E-state index < -0.39 is 0 Å². The van der Waals surface area contributed by atoms with Crippen molar-refractivity contribution in [3.63, 3.8) is 0 Å². The maximum Gasteiger partial charge on any atom is 0.255 e. The van der Waals surface area contributed by atoms with Crippen molar-refractivity contribution in [3.05, 3.63) is 65.2 Å². The Balaban J connectivity index is 1.53. The van der Waals surface area contributed by atoms with Crippen LogP contribution in [0, 0.1) is 0 Å². The van der Waals surface area contributed by atoms with E-state index in [1.54, 1.807) is 18.2 Å². The van der Waals surface area contributed by atoms with E-state index in [4.69, 9.17) is 4.74 Å². The number of para-hydroxylation sites is 1. The zero-order valence-electron chi connectivity index (χ0n) is 17.7. The highest BCUT2D eigenvalue weighted by atomic mass is 16.5. The smallest absolute Gasteiger partial charge is 0.255 e. The van der Waals surface area contributed by atoms with Crippen molar-refractivity contribution < 1.29 is 14.3 Å². The summed E-state index contributed by atoms with van der Waals surface area (Å²) < 4.78 is 5.35. The Hall–Kier alpha value is -2.70. The molecule has 0 unspecified atom stereocenters. The Labute approximate surface area is 178 Å². The number of carbonyl (C=O) groups excluding carboxylic acids is 2. The van der Waals surface area contributed by atoms with E-state index in [1.807, 2.05) is 30.3 Å². The van der Waals surface area contributed by atoms with Crippen LogP contribution in [0.3, 0.4) is 0 Å². The predicted octanol–water partition coefficient (Wildman–Crippen LogP) is 3.34.